The third-order valence-electron chi connectivity index (χ3n) is 6.22. The SMILES string of the molecule is Cc1cc(Cc2c(=O)[nH]c(=O)[nH]c2[C@H]2CC[C@H](C3C=CC=CC3)CC2)ccn1. The maximum absolute atomic E-state index is 12.6. The highest BCUT2D eigenvalue weighted by Gasteiger charge is 2.29. The molecule has 1 atom stereocenters. The lowest BCUT2D eigenvalue weighted by molar-refractivity contribution is 0.262. The van der Waals surface area contributed by atoms with Crippen molar-refractivity contribution in [1.82, 2.24) is 15.0 Å². The first-order chi connectivity index (χ1) is 13.6. The average molecular weight is 377 g/mol. The van der Waals surface area contributed by atoms with Crippen molar-refractivity contribution in [2.75, 3.05) is 0 Å². The molecule has 0 aromatic carbocycles. The summed E-state index contributed by atoms with van der Waals surface area (Å²) in [5, 5.41) is 0. The summed E-state index contributed by atoms with van der Waals surface area (Å²) in [7, 11) is 0. The standard InChI is InChI=1S/C23H27N3O2/c1-15-13-16(11-12-24-15)14-20-21(25-23(28)26-22(20)27)19-9-7-18(8-10-19)17-5-3-2-4-6-17/h2-5,11-13,17-19H,6-10,14H2,1H3,(H2,25,26,27,28)/t17?,18-,19-. The second-order valence-corrected chi connectivity index (χ2v) is 8.11. The van der Waals surface area contributed by atoms with Crippen LogP contribution in [0, 0.1) is 18.8 Å². The average Bonchev–Trinajstić information content (AvgIpc) is 2.71. The van der Waals surface area contributed by atoms with E-state index in [-0.39, 0.29) is 11.5 Å². The van der Waals surface area contributed by atoms with Crippen LogP contribution in [0.5, 0.6) is 0 Å². The molecule has 1 fully saturated rings. The molecule has 5 nitrogen and oxygen atoms in total. The Hall–Kier alpha value is -2.69. The smallest absolute Gasteiger partial charge is 0.311 e. The summed E-state index contributed by atoms with van der Waals surface area (Å²) < 4.78 is 0. The zero-order chi connectivity index (χ0) is 19.5. The van der Waals surface area contributed by atoms with Crippen LogP contribution in [0.3, 0.4) is 0 Å². The summed E-state index contributed by atoms with van der Waals surface area (Å²) >= 11 is 0. The molecule has 0 radical (unpaired) electrons. The van der Waals surface area contributed by atoms with E-state index < -0.39 is 5.69 Å². The monoisotopic (exact) mass is 377 g/mol. The maximum atomic E-state index is 12.6. The van der Waals surface area contributed by atoms with Crippen molar-refractivity contribution in [2.45, 2.75) is 51.4 Å². The van der Waals surface area contributed by atoms with E-state index in [1.54, 1.807) is 6.20 Å². The molecule has 28 heavy (non-hydrogen) atoms. The van der Waals surface area contributed by atoms with Crippen molar-refractivity contribution in [3.05, 3.63) is 86.0 Å². The highest BCUT2D eigenvalue weighted by molar-refractivity contribution is 5.29. The van der Waals surface area contributed by atoms with Crippen molar-refractivity contribution in [3.8, 4) is 0 Å². The van der Waals surface area contributed by atoms with Gasteiger partial charge >= 0.3 is 5.69 Å². The first-order valence-electron chi connectivity index (χ1n) is 10.2. The Balaban J connectivity index is 1.56. The number of H-pyrrole nitrogens is 2. The molecule has 0 saturated heterocycles. The van der Waals surface area contributed by atoms with E-state index in [1.165, 1.54) is 0 Å². The van der Waals surface area contributed by atoms with E-state index in [0.717, 1.165) is 49.1 Å². The van der Waals surface area contributed by atoms with Crippen molar-refractivity contribution in [1.29, 1.82) is 0 Å². The van der Waals surface area contributed by atoms with E-state index in [9.17, 15) is 9.59 Å². The Labute approximate surface area is 164 Å². The number of nitrogens with zero attached hydrogens (tertiary/aromatic N) is 1. The zero-order valence-corrected chi connectivity index (χ0v) is 16.3. The molecule has 2 aliphatic rings. The Kier molecular flexibility index (Phi) is 5.42. The summed E-state index contributed by atoms with van der Waals surface area (Å²) in [5.74, 6) is 1.56. The fourth-order valence-corrected chi connectivity index (χ4v) is 4.76. The Morgan fingerprint density at radius 1 is 1.11 bits per heavy atom. The predicted molar refractivity (Wildman–Crippen MR) is 111 cm³/mol. The van der Waals surface area contributed by atoms with E-state index in [0.29, 0.717) is 23.8 Å². The largest absolute Gasteiger partial charge is 0.325 e. The molecule has 2 aromatic rings. The minimum absolute atomic E-state index is 0.243. The normalized spacial score (nSPS) is 24.4. The van der Waals surface area contributed by atoms with Crippen LogP contribution in [0.4, 0.5) is 0 Å². The Morgan fingerprint density at radius 2 is 1.93 bits per heavy atom. The molecule has 0 amide bonds. The minimum Gasteiger partial charge on any atom is -0.311 e. The minimum atomic E-state index is -0.405. The quantitative estimate of drug-likeness (QED) is 0.851. The van der Waals surface area contributed by atoms with Gasteiger partial charge in [0, 0.05) is 29.6 Å². The number of pyridine rings is 1. The number of hydrogen-bond acceptors (Lipinski definition) is 3. The molecular formula is C23H27N3O2. The number of aromatic nitrogens is 3. The Bertz CT molecular complexity index is 1010. The number of allylic oxidation sites excluding steroid dienone is 4. The van der Waals surface area contributed by atoms with Crippen LogP contribution in [0.15, 0.2) is 52.2 Å². The number of aryl methyl sites for hydroxylation is 1. The molecule has 2 aliphatic carbocycles. The van der Waals surface area contributed by atoms with E-state index >= 15 is 0 Å². The summed E-state index contributed by atoms with van der Waals surface area (Å²) in [6.45, 7) is 1.94. The van der Waals surface area contributed by atoms with Crippen LogP contribution < -0.4 is 11.2 Å². The van der Waals surface area contributed by atoms with Gasteiger partial charge in [0.05, 0.1) is 0 Å². The first-order valence-corrected chi connectivity index (χ1v) is 10.2. The Morgan fingerprint density at radius 3 is 2.64 bits per heavy atom. The molecule has 0 spiro atoms. The van der Waals surface area contributed by atoms with Gasteiger partial charge in [-0.3, -0.25) is 14.8 Å². The highest BCUT2D eigenvalue weighted by atomic mass is 16.2. The number of rotatable bonds is 4. The van der Waals surface area contributed by atoms with Crippen LogP contribution in [-0.4, -0.2) is 15.0 Å². The van der Waals surface area contributed by atoms with Gasteiger partial charge in [-0.2, -0.15) is 0 Å². The second kappa shape index (κ2) is 8.13. The maximum Gasteiger partial charge on any atom is 0.325 e. The molecule has 146 valence electrons. The van der Waals surface area contributed by atoms with Crippen LogP contribution in [0.25, 0.3) is 0 Å². The lowest BCUT2D eigenvalue weighted by atomic mass is 9.72. The molecule has 2 aromatic heterocycles. The molecule has 2 N–H and O–H groups in total. The fraction of sp³-hybridized carbons (Fsp3) is 0.435. The molecule has 1 unspecified atom stereocenters. The number of nitrogens with one attached hydrogen (secondary N) is 2. The van der Waals surface area contributed by atoms with Gasteiger partial charge in [-0.05, 0) is 74.5 Å². The lowest BCUT2D eigenvalue weighted by Crippen LogP contribution is -2.31. The van der Waals surface area contributed by atoms with Crippen molar-refractivity contribution in [2.24, 2.45) is 11.8 Å². The molecule has 1 saturated carbocycles. The topological polar surface area (TPSA) is 78.6 Å². The van der Waals surface area contributed by atoms with Crippen LogP contribution in [-0.2, 0) is 6.42 Å². The van der Waals surface area contributed by atoms with Gasteiger partial charge in [0.25, 0.3) is 5.56 Å². The third-order valence-corrected chi connectivity index (χ3v) is 6.22. The summed E-state index contributed by atoms with van der Waals surface area (Å²) in [4.78, 5) is 34.2. The van der Waals surface area contributed by atoms with Gasteiger partial charge in [0.2, 0.25) is 0 Å². The summed E-state index contributed by atoms with van der Waals surface area (Å²) in [6, 6.07) is 3.93. The van der Waals surface area contributed by atoms with E-state index in [4.69, 9.17) is 0 Å². The second-order valence-electron chi connectivity index (χ2n) is 8.11. The first kappa shape index (κ1) is 18.7. The number of aromatic amines is 2. The lowest BCUT2D eigenvalue weighted by Gasteiger charge is -2.33. The van der Waals surface area contributed by atoms with Gasteiger partial charge in [-0.15, -0.1) is 0 Å². The van der Waals surface area contributed by atoms with E-state index in [2.05, 4.69) is 39.3 Å². The van der Waals surface area contributed by atoms with Crippen molar-refractivity contribution in [3.63, 3.8) is 0 Å². The van der Waals surface area contributed by atoms with Crippen LogP contribution >= 0.6 is 0 Å². The summed E-state index contributed by atoms with van der Waals surface area (Å²) in [6.07, 6.45) is 16.6. The van der Waals surface area contributed by atoms with Crippen LogP contribution in [0.2, 0.25) is 0 Å². The van der Waals surface area contributed by atoms with Crippen molar-refractivity contribution >= 4 is 0 Å². The molecule has 0 bridgehead atoms. The van der Waals surface area contributed by atoms with Gasteiger partial charge in [0.1, 0.15) is 0 Å². The summed E-state index contributed by atoms with van der Waals surface area (Å²) in [5.41, 5.74) is 2.82. The third kappa shape index (κ3) is 4.08. The van der Waals surface area contributed by atoms with Crippen LogP contribution in [0.1, 0.15) is 60.5 Å². The fourth-order valence-electron chi connectivity index (χ4n) is 4.76. The van der Waals surface area contributed by atoms with Gasteiger partial charge in [-0.1, -0.05) is 24.3 Å². The zero-order valence-electron chi connectivity index (χ0n) is 16.3. The van der Waals surface area contributed by atoms with E-state index in [1.807, 2.05) is 19.1 Å². The molecule has 5 heteroatoms. The molecular weight excluding hydrogens is 350 g/mol. The molecule has 4 rings (SSSR count). The van der Waals surface area contributed by atoms with Gasteiger partial charge in [0.15, 0.2) is 0 Å². The number of hydrogen-bond donors (Lipinski definition) is 2. The predicted octanol–water partition coefficient (Wildman–Crippen LogP) is 3.76. The molecule has 0 aliphatic heterocycles. The van der Waals surface area contributed by atoms with Gasteiger partial charge < -0.3 is 4.98 Å². The van der Waals surface area contributed by atoms with Crippen molar-refractivity contribution < 1.29 is 0 Å². The highest BCUT2D eigenvalue weighted by Crippen LogP contribution is 2.40. The van der Waals surface area contributed by atoms with Gasteiger partial charge in [-0.25, -0.2) is 4.79 Å². The molecule has 2 heterocycles.